The molecule has 176 valence electrons. The molecule has 7 nitrogen and oxygen atoms in total. The maximum atomic E-state index is 12.9. The molecule has 2 aliphatic heterocycles. The first kappa shape index (κ1) is 23.3. The molecular formula is C27H28N2O5. The van der Waals surface area contributed by atoms with Crippen LogP contribution in [0.15, 0.2) is 82.2 Å². The van der Waals surface area contributed by atoms with E-state index < -0.39 is 11.1 Å². The summed E-state index contributed by atoms with van der Waals surface area (Å²) < 4.78 is 22.4. The van der Waals surface area contributed by atoms with Crippen LogP contribution in [0, 0.1) is 0 Å². The smallest absolute Gasteiger partial charge is 0.222 e. The van der Waals surface area contributed by atoms with Gasteiger partial charge >= 0.3 is 0 Å². The highest BCUT2D eigenvalue weighted by atomic mass is 16.5. The minimum atomic E-state index is -0.680. The van der Waals surface area contributed by atoms with Crippen LogP contribution >= 0.6 is 0 Å². The number of carbonyl (C=O) groups excluding carboxylic acids is 1. The fourth-order valence-electron chi connectivity index (χ4n) is 3.55. The van der Waals surface area contributed by atoms with Crippen molar-refractivity contribution >= 4 is 17.6 Å². The monoisotopic (exact) mass is 460 g/mol. The molecule has 7 heteroatoms. The van der Waals surface area contributed by atoms with Crippen molar-refractivity contribution in [3.05, 3.63) is 83.3 Å². The van der Waals surface area contributed by atoms with Gasteiger partial charge in [-0.05, 0) is 76.2 Å². The number of carbonyl (C=O) groups is 1. The fraction of sp³-hybridized carbons (Fsp3) is 0.296. The molecule has 0 N–H and O–H groups in total. The minimum absolute atomic E-state index is 0.261. The summed E-state index contributed by atoms with van der Waals surface area (Å²) in [6, 6.07) is 14.8. The van der Waals surface area contributed by atoms with Gasteiger partial charge in [0.2, 0.25) is 11.8 Å². The number of nitrogens with zero attached hydrogens (tertiary/aromatic N) is 2. The van der Waals surface area contributed by atoms with E-state index in [-0.39, 0.29) is 5.78 Å². The zero-order chi connectivity index (χ0) is 24.5. The highest BCUT2D eigenvalue weighted by Crippen LogP contribution is 2.33. The molecule has 34 heavy (non-hydrogen) atoms. The van der Waals surface area contributed by atoms with Crippen LogP contribution in [0.1, 0.15) is 38.8 Å². The molecule has 0 aromatic heterocycles. The lowest BCUT2D eigenvalue weighted by atomic mass is 10.0. The Morgan fingerprint density at radius 2 is 1.06 bits per heavy atom. The summed E-state index contributed by atoms with van der Waals surface area (Å²) in [5.41, 5.74) is 0.252. The third kappa shape index (κ3) is 4.73. The van der Waals surface area contributed by atoms with E-state index in [1.54, 1.807) is 14.2 Å². The number of rotatable bonds is 6. The lowest BCUT2D eigenvalue weighted by molar-refractivity contribution is -0.110. The third-order valence-electron chi connectivity index (χ3n) is 5.60. The molecule has 0 atom stereocenters. The maximum absolute atomic E-state index is 12.9. The number of hydrogen-bond acceptors (Lipinski definition) is 7. The number of ether oxygens (including phenoxy) is 4. The molecule has 0 unspecified atom stereocenters. The van der Waals surface area contributed by atoms with Gasteiger partial charge in [-0.1, -0.05) is 0 Å². The second kappa shape index (κ2) is 8.82. The molecule has 0 aliphatic carbocycles. The Bertz CT molecular complexity index is 1120. The van der Waals surface area contributed by atoms with Crippen molar-refractivity contribution in [1.29, 1.82) is 0 Å². The van der Waals surface area contributed by atoms with E-state index >= 15 is 0 Å². The van der Waals surface area contributed by atoms with Gasteiger partial charge in [0.05, 0.1) is 14.2 Å². The second-order valence-corrected chi connectivity index (χ2v) is 9.03. The van der Waals surface area contributed by atoms with Gasteiger partial charge in [0.1, 0.15) is 34.1 Å². The number of allylic oxidation sites excluding steroid dienone is 2. The fourth-order valence-corrected chi connectivity index (χ4v) is 3.55. The lowest BCUT2D eigenvalue weighted by Crippen LogP contribution is -2.19. The van der Waals surface area contributed by atoms with Crippen LogP contribution < -0.4 is 9.47 Å². The minimum Gasteiger partial charge on any atom is -0.497 e. The number of hydrogen-bond donors (Lipinski definition) is 0. The van der Waals surface area contributed by atoms with E-state index in [1.807, 2.05) is 76.2 Å². The van der Waals surface area contributed by atoms with Crippen LogP contribution in [-0.4, -0.2) is 42.9 Å². The Hall–Kier alpha value is -3.87. The van der Waals surface area contributed by atoms with Crippen molar-refractivity contribution in [2.24, 2.45) is 9.98 Å². The molecule has 2 aromatic rings. The van der Waals surface area contributed by atoms with Crippen molar-refractivity contribution in [3.8, 4) is 11.5 Å². The largest absolute Gasteiger partial charge is 0.497 e. The molecule has 0 saturated carbocycles. The molecule has 0 spiro atoms. The topological polar surface area (TPSA) is 78.7 Å². The number of ketones is 1. The van der Waals surface area contributed by atoms with Gasteiger partial charge in [0.15, 0.2) is 5.78 Å². The maximum Gasteiger partial charge on any atom is 0.222 e. The Morgan fingerprint density at radius 3 is 1.38 bits per heavy atom. The van der Waals surface area contributed by atoms with E-state index in [1.165, 1.54) is 12.2 Å². The van der Waals surface area contributed by atoms with Crippen molar-refractivity contribution in [1.82, 2.24) is 0 Å². The molecule has 0 fully saturated rings. The summed E-state index contributed by atoms with van der Waals surface area (Å²) in [5, 5.41) is 0. The number of aliphatic imine (C=N–C) groups is 2. The zero-order valence-corrected chi connectivity index (χ0v) is 20.2. The van der Waals surface area contributed by atoms with Crippen LogP contribution in [0.25, 0.3) is 0 Å². The Kier molecular flexibility index (Phi) is 6.04. The van der Waals surface area contributed by atoms with E-state index in [2.05, 4.69) is 9.98 Å². The third-order valence-corrected chi connectivity index (χ3v) is 5.60. The predicted octanol–water partition coefficient (Wildman–Crippen LogP) is 4.85. The molecule has 2 heterocycles. The summed E-state index contributed by atoms with van der Waals surface area (Å²) in [4.78, 5) is 22.2. The Balaban J connectivity index is 1.51. The van der Waals surface area contributed by atoms with Crippen LogP contribution in [0.3, 0.4) is 0 Å². The first-order valence-electron chi connectivity index (χ1n) is 10.9. The van der Waals surface area contributed by atoms with Crippen molar-refractivity contribution < 1.29 is 23.7 Å². The van der Waals surface area contributed by atoms with Gasteiger partial charge in [-0.2, -0.15) is 0 Å². The first-order valence-corrected chi connectivity index (χ1v) is 10.9. The van der Waals surface area contributed by atoms with Gasteiger partial charge in [-0.25, -0.2) is 9.98 Å². The van der Waals surface area contributed by atoms with Gasteiger partial charge < -0.3 is 18.9 Å². The summed E-state index contributed by atoms with van der Waals surface area (Å²) in [5.74, 6) is 3.08. The summed E-state index contributed by atoms with van der Waals surface area (Å²) in [6.45, 7) is 7.60. The highest BCUT2D eigenvalue weighted by Gasteiger charge is 2.36. The average molecular weight is 461 g/mol. The van der Waals surface area contributed by atoms with E-state index in [4.69, 9.17) is 18.9 Å². The second-order valence-electron chi connectivity index (χ2n) is 9.03. The normalized spacial score (nSPS) is 20.4. The van der Waals surface area contributed by atoms with Crippen LogP contribution in [0.4, 0.5) is 0 Å². The zero-order valence-electron chi connectivity index (χ0n) is 20.2. The molecule has 0 bridgehead atoms. The molecule has 4 rings (SSSR count). The van der Waals surface area contributed by atoms with E-state index in [0.717, 1.165) is 22.6 Å². The van der Waals surface area contributed by atoms with Crippen LogP contribution in [0.2, 0.25) is 0 Å². The first-order chi connectivity index (χ1) is 16.1. The van der Waals surface area contributed by atoms with Gasteiger partial charge in [-0.3, -0.25) is 4.79 Å². The summed E-state index contributed by atoms with van der Waals surface area (Å²) in [6.07, 6.45) is 2.91. The van der Waals surface area contributed by atoms with Gasteiger partial charge in [0, 0.05) is 23.3 Å². The molecular weight excluding hydrogens is 432 g/mol. The highest BCUT2D eigenvalue weighted by molar-refractivity contribution is 6.04. The quantitative estimate of drug-likeness (QED) is 0.576. The van der Waals surface area contributed by atoms with Gasteiger partial charge in [0.25, 0.3) is 0 Å². The molecule has 0 saturated heterocycles. The number of benzene rings is 2. The molecule has 2 aromatic carbocycles. The van der Waals surface area contributed by atoms with E-state index in [0.29, 0.717) is 23.3 Å². The van der Waals surface area contributed by atoms with Crippen LogP contribution in [0.5, 0.6) is 11.5 Å². The average Bonchev–Trinajstić information content (AvgIpc) is 3.28. The van der Waals surface area contributed by atoms with E-state index in [9.17, 15) is 4.79 Å². The lowest BCUT2D eigenvalue weighted by Gasteiger charge is -2.15. The number of methoxy groups -OCH3 is 2. The summed E-state index contributed by atoms with van der Waals surface area (Å²) in [7, 11) is 3.23. The Morgan fingerprint density at radius 1 is 0.706 bits per heavy atom. The Labute approximate surface area is 199 Å². The van der Waals surface area contributed by atoms with Crippen molar-refractivity contribution in [2.75, 3.05) is 14.2 Å². The SMILES string of the molecule is COc1ccc(C2=NC(C)(C)/C(=C\C(=O)/C=C3/OC(c4ccc(OC)cc4)=NC3(C)C)O2)cc1. The summed E-state index contributed by atoms with van der Waals surface area (Å²) >= 11 is 0. The van der Waals surface area contributed by atoms with Crippen molar-refractivity contribution in [2.45, 2.75) is 38.8 Å². The predicted molar refractivity (Wildman–Crippen MR) is 131 cm³/mol. The molecule has 0 radical (unpaired) electrons. The molecule has 0 amide bonds. The van der Waals surface area contributed by atoms with Crippen LogP contribution in [-0.2, 0) is 14.3 Å². The van der Waals surface area contributed by atoms with Crippen molar-refractivity contribution in [3.63, 3.8) is 0 Å². The molecule has 2 aliphatic rings. The van der Waals surface area contributed by atoms with Gasteiger partial charge in [-0.15, -0.1) is 0 Å². The standard InChI is InChI=1S/C27H28N2O5/c1-26(2)22(33-24(28-26)17-7-11-20(31-5)12-8-17)15-19(30)16-23-27(3,4)29-25(34-23)18-9-13-21(32-6)14-10-18/h7-16H,1-6H3/b22-15+,23-16+.